The minimum atomic E-state index is -2.04. The average molecular weight is 386 g/mol. The summed E-state index contributed by atoms with van der Waals surface area (Å²) in [4.78, 5) is 2.08. The van der Waals surface area contributed by atoms with Gasteiger partial charge in [0.25, 0.3) is 0 Å². The molecule has 1 atom stereocenters. The Hall–Kier alpha value is 1.02. The quantitative estimate of drug-likeness (QED) is 0.253. The van der Waals surface area contributed by atoms with Crippen LogP contribution >= 0.6 is 22.6 Å². The molecule has 0 aliphatic rings. The van der Waals surface area contributed by atoms with Crippen LogP contribution in [-0.4, -0.2) is 18.8 Å². The summed E-state index contributed by atoms with van der Waals surface area (Å²) in [6, 6.07) is 0. The molecule has 0 saturated carbocycles. The summed E-state index contributed by atoms with van der Waals surface area (Å²) in [5.41, 5.74) is 0. The fourth-order valence-electron chi connectivity index (χ4n) is 0.405. The molecule has 0 rings (SSSR count). The average Bonchev–Trinajstić information content (AvgIpc) is 1.59. The van der Waals surface area contributed by atoms with Crippen LogP contribution in [0.3, 0.4) is 0 Å². The normalized spacial score (nSPS) is 16.2. The van der Waals surface area contributed by atoms with Crippen molar-refractivity contribution in [1.29, 1.82) is 0 Å². The van der Waals surface area contributed by atoms with Crippen molar-refractivity contribution in [3.8, 4) is 0 Å². The Bertz CT molecular complexity index is 210. The van der Waals surface area contributed by atoms with Gasteiger partial charge >= 0.3 is 87.3 Å². The predicted molar refractivity (Wildman–Crippen MR) is 52.4 cm³/mol. The van der Waals surface area contributed by atoms with Gasteiger partial charge in [-0.3, -0.25) is 0 Å². The van der Waals surface area contributed by atoms with Crippen molar-refractivity contribution in [1.82, 2.24) is 4.72 Å². The zero-order valence-electron chi connectivity index (χ0n) is 5.69. The van der Waals surface area contributed by atoms with Gasteiger partial charge in [0.1, 0.15) is 0 Å². The molecule has 5 heteroatoms. The van der Waals surface area contributed by atoms with Gasteiger partial charge in [0.15, 0.2) is 0 Å². The SMILES string of the molecule is C=C(I)NS(=C)(=O)C[I-]C. The zero-order valence-corrected chi connectivity index (χ0v) is 10.8. The van der Waals surface area contributed by atoms with Crippen molar-refractivity contribution >= 4 is 38.2 Å². The molecule has 0 aromatic carbocycles. The number of halogens is 2. The number of hydrogen-bond acceptors (Lipinski definition) is 1. The van der Waals surface area contributed by atoms with Crippen molar-refractivity contribution in [2.45, 2.75) is 0 Å². The molecule has 0 spiro atoms. The van der Waals surface area contributed by atoms with E-state index >= 15 is 0 Å². The molecule has 10 heavy (non-hydrogen) atoms. The summed E-state index contributed by atoms with van der Waals surface area (Å²) in [6.45, 7) is 3.59. The number of alkyl halides is 2. The fraction of sp³-hybridized carbons (Fsp3) is 0.400. The minimum absolute atomic E-state index is 0.0408. The van der Waals surface area contributed by atoms with Crippen molar-refractivity contribution in [3.63, 3.8) is 0 Å². The summed E-state index contributed by atoms with van der Waals surface area (Å²) in [5, 5.41) is 0. The van der Waals surface area contributed by atoms with Gasteiger partial charge < -0.3 is 0 Å². The van der Waals surface area contributed by atoms with Gasteiger partial charge in [-0.1, -0.05) is 0 Å². The Balaban J connectivity index is 4.02. The predicted octanol–water partition coefficient (Wildman–Crippen LogP) is -2.21. The van der Waals surface area contributed by atoms with Gasteiger partial charge in [0, 0.05) is 0 Å². The van der Waals surface area contributed by atoms with Crippen LogP contribution in [0.25, 0.3) is 0 Å². The maximum atomic E-state index is 11.3. The first-order valence-electron chi connectivity index (χ1n) is 2.39. The fourth-order valence-corrected chi connectivity index (χ4v) is 5.91. The molecule has 2 nitrogen and oxygen atoms in total. The molecule has 0 bridgehead atoms. The molecule has 62 valence electrons. The molecule has 1 unspecified atom stereocenters. The van der Waals surface area contributed by atoms with E-state index in [1.807, 2.05) is 22.6 Å². The first kappa shape index (κ1) is 11.0. The van der Waals surface area contributed by atoms with E-state index in [0.29, 0.717) is 7.46 Å². The van der Waals surface area contributed by atoms with Crippen LogP contribution in [0.2, 0.25) is 0 Å². The third kappa shape index (κ3) is 5.78. The third-order valence-corrected chi connectivity index (χ3v) is 7.29. The van der Waals surface area contributed by atoms with Gasteiger partial charge in [0.05, 0.1) is 0 Å². The van der Waals surface area contributed by atoms with Crippen LogP contribution in [0.15, 0.2) is 10.3 Å². The summed E-state index contributed by atoms with van der Waals surface area (Å²) in [7, 11) is -2.04. The molecule has 0 aliphatic carbocycles. The van der Waals surface area contributed by atoms with Crippen molar-refractivity contribution in [3.05, 3.63) is 10.3 Å². The van der Waals surface area contributed by atoms with Crippen molar-refractivity contribution in [2.24, 2.45) is 0 Å². The molecule has 1 N–H and O–H groups in total. The Kier molecular flexibility index (Phi) is 5.30. The maximum absolute atomic E-state index is 11.3. The van der Waals surface area contributed by atoms with Gasteiger partial charge in [-0.15, -0.1) is 0 Å². The van der Waals surface area contributed by atoms with E-state index in [0.717, 1.165) is 0 Å². The summed E-state index contributed by atoms with van der Waals surface area (Å²) >= 11 is 2.04. The van der Waals surface area contributed by atoms with Crippen LogP contribution in [0, 0.1) is 0 Å². The number of hydrogen-bond donors (Lipinski definition) is 1. The molecular formula is C5H10I2NOS-. The van der Waals surface area contributed by atoms with E-state index in [4.69, 9.17) is 0 Å². The van der Waals surface area contributed by atoms with Crippen molar-refractivity contribution < 1.29 is 25.4 Å². The van der Waals surface area contributed by atoms with Crippen LogP contribution in [0.5, 0.6) is 0 Å². The summed E-state index contributed by atoms with van der Waals surface area (Å²) < 4.78 is 15.5. The van der Waals surface area contributed by atoms with E-state index in [2.05, 4.69) is 22.1 Å². The van der Waals surface area contributed by atoms with Crippen LogP contribution in [0.1, 0.15) is 0 Å². The summed E-state index contributed by atoms with van der Waals surface area (Å²) in [5.74, 6) is 3.58. The summed E-state index contributed by atoms with van der Waals surface area (Å²) in [6.07, 6.45) is 0. The second-order valence-electron chi connectivity index (χ2n) is 1.70. The molecule has 0 aromatic rings. The van der Waals surface area contributed by atoms with E-state index in [-0.39, 0.29) is 21.2 Å². The monoisotopic (exact) mass is 386 g/mol. The second-order valence-corrected chi connectivity index (χ2v) is 8.44. The van der Waals surface area contributed by atoms with Gasteiger partial charge in [-0.05, 0) is 0 Å². The molecule has 0 saturated heterocycles. The Morgan fingerprint density at radius 1 is 1.90 bits per heavy atom. The molecule has 0 aliphatic heterocycles. The Labute approximate surface area is 86.4 Å². The van der Waals surface area contributed by atoms with E-state index in [1.165, 1.54) is 0 Å². The molecule has 0 amide bonds. The van der Waals surface area contributed by atoms with Crippen molar-refractivity contribution in [2.75, 3.05) is 8.69 Å². The first-order valence-corrected chi connectivity index (χ1v) is 9.04. The van der Waals surface area contributed by atoms with Gasteiger partial charge in [-0.25, -0.2) is 0 Å². The first-order chi connectivity index (χ1) is 4.48. The van der Waals surface area contributed by atoms with Gasteiger partial charge in [-0.2, -0.15) is 0 Å². The molecule has 0 aromatic heterocycles. The van der Waals surface area contributed by atoms with E-state index in [9.17, 15) is 4.21 Å². The van der Waals surface area contributed by atoms with Crippen LogP contribution < -0.4 is 25.9 Å². The molecular weight excluding hydrogens is 376 g/mol. The van der Waals surface area contributed by atoms with Gasteiger partial charge in [0.2, 0.25) is 0 Å². The van der Waals surface area contributed by atoms with Crippen LogP contribution in [0.4, 0.5) is 0 Å². The Morgan fingerprint density at radius 2 is 2.40 bits per heavy atom. The second kappa shape index (κ2) is 4.81. The molecule has 0 radical (unpaired) electrons. The standard InChI is InChI=1S/C5H10I2NOS/c1-5(6)8-10(3,9)4-7-2/h1,3-4H2,2H3,(H,8,9)/q-1. The van der Waals surface area contributed by atoms with E-state index < -0.39 is 9.71 Å². The topological polar surface area (TPSA) is 29.1 Å². The third-order valence-electron chi connectivity index (χ3n) is 0.582. The molecule has 0 heterocycles. The number of rotatable bonds is 4. The number of nitrogens with one attached hydrogen (secondary N) is 1. The van der Waals surface area contributed by atoms with Crippen LogP contribution in [-0.2, 0) is 9.71 Å². The Morgan fingerprint density at radius 3 is 2.70 bits per heavy atom. The zero-order chi connectivity index (χ0) is 8.20. The molecule has 0 fully saturated rings. The van der Waals surface area contributed by atoms with E-state index in [1.54, 1.807) is 0 Å².